The number of hydrogen-bond acceptors (Lipinski definition) is 9. The quantitative estimate of drug-likeness (QED) is 0.0509. The molecule has 1 saturated heterocycles. The zero-order valence-corrected chi connectivity index (χ0v) is 37.4. The first-order chi connectivity index (χ1) is 29.4. The molecule has 0 saturated carbocycles. The molecule has 0 radical (unpaired) electrons. The summed E-state index contributed by atoms with van der Waals surface area (Å²) in [7, 11) is -0.142. The number of aryl methyl sites for hydroxylation is 1. The second-order valence-electron chi connectivity index (χ2n) is 15.2. The predicted octanol–water partition coefficient (Wildman–Crippen LogP) is 10.5. The van der Waals surface area contributed by atoms with Crippen LogP contribution in [-0.4, -0.2) is 86.7 Å². The number of allylic oxidation sites excluding steroid dienone is 11. The number of nitrogens with zero attached hydrogens (tertiary/aromatic N) is 4. The van der Waals surface area contributed by atoms with Gasteiger partial charge < -0.3 is 25.0 Å². The van der Waals surface area contributed by atoms with E-state index in [1.807, 2.05) is 87.9 Å². The van der Waals surface area contributed by atoms with Crippen molar-refractivity contribution in [3.63, 3.8) is 0 Å². The Labute approximate surface area is 369 Å². The molecular formula is C47H54ClN7O4S2. The predicted molar refractivity (Wildman–Crippen MR) is 256 cm³/mol. The number of benzene rings is 3. The number of sulfonamides is 1. The molecule has 6 rings (SSSR count). The number of hydrogen-bond donors (Lipinski definition) is 3. The van der Waals surface area contributed by atoms with Crippen LogP contribution >= 0.6 is 23.4 Å². The highest BCUT2D eigenvalue weighted by atomic mass is 35.5. The van der Waals surface area contributed by atoms with E-state index in [4.69, 9.17) is 11.6 Å². The van der Waals surface area contributed by atoms with Gasteiger partial charge in [0, 0.05) is 83.5 Å². The van der Waals surface area contributed by atoms with E-state index in [2.05, 4.69) is 73.2 Å². The topological polar surface area (TPSA) is 127 Å². The summed E-state index contributed by atoms with van der Waals surface area (Å²) in [6.07, 6.45) is 24.4. The number of anilines is 3. The molecule has 1 aliphatic heterocycles. The molecule has 11 nitrogen and oxygen atoms in total. The third-order valence-corrected chi connectivity index (χ3v) is 13.3. The zero-order valence-electron chi connectivity index (χ0n) is 35.1. The standard InChI is InChI=1S/C47H54ClN7O4S2/c1-5-11-37(47-35(2)49-33-44(47)36-15-17-38(48)18-16-36)12-10-26-53-28-30-54(31-29-53)41-21-19-39(20-22-41)51-61(58,59)43-23-24-45(46(32-43)55(56)57)50-40(25-27-52(3)4)34-60-42-13-8-6-7-9-14-42/h5-13,15-24,26,32-33,40,49-51H,14,25,27-31,34H2,1-4H3/b11-5-,26-10+,37-12+/t40-/m1/s1. The Morgan fingerprint density at radius 2 is 1.79 bits per heavy atom. The first-order valence-electron chi connectivity index (χ1n) is 20.3. The maximum absolute atomic E-state index is 13.5. The monoisotopic (exact) mass is 879 g/mol. The Morgan fingerprint density at radius 1 is 1.03 bits per heavy atom. The molecule has 61 heavy (non-hydrogen) atoms. The third kappa shape index (κ3) is 12.5. The highest BCUT2D eigenvalue weighted by molar-refractivity contribution is 8.03. The number of piperazine rings is 1. The lowest BCUT2D eigenvalue weighted by atomic mass is 9.96. The van der Waals surface area contributed by atoms with E-state index >= 15 is 0 Å². The minimum absolute atomic E-state index is 0.0875. The van der Waals surface area contributed by atoms with Crippen LogP contribution in [0.2, 0.25) is 5.02 Å². The summed E-state index contributed by atoms with van der Waals surface area (Å²) >= 11 is 7.87. The van der Waals surface area contributed by atoms with Crippen LogP contribution < -0.4 is 14.9 Å². The molecule has 0 spiro atoms. The third-order valence-electron chi connectivity index (χ3n) is 10.4. The van der Waals surface area contributed by atoms with Crippen LogP contribution in [0.1, 0.15) is 31.0 Å². The van der Waals surface area contributed by atoms with Crippen LogP contribution in [0.4, 0.5) is 22.7 Å². The van der Waals surface area contributed by atoms with Crippen molar-refractivity contribution in [3.8, 4) is 11.1 Å². The Hall–Kier alpha value is -5.47. The van der Waals surface area contributed by atoms with Crippen molar-refractivity contribution in [1.82, 2.24) is 14.8 Å². The molecule has 4 aromatic rings. The number of aromatic nitrogens is 1. The van der Waals surface area contributed by atoms with E-state index in [0.29, 0.717) is 16.5 Å². The van der Waals surface area contributed by atoms with Gasteiger partial charge in [0.05, 0.1) is 9.82 Å². The first-order valence-corrected chi connectivity index (χ1v) is 23.2. The van der Waals surface area contributed by atoms with Crippen molar-refractivity contribution < 1.29 is 13.3 Å². The van der Waals surface area contributed by atoms with Crippen LogP contribution in [0, 0.1) is 17.0 Å². The van der Waals surface area contributed by atoms with E-state index in [1.165, 1.54) is 17.0 Å². The van der Waals surface area contributed by atoms with Crippen LogP contribution in [0.25, 0.3) is 16.7 Å². The van der Waals surface area contributed by atoms with E-state index in [-0.39, 0.29) is 22.3 Å². The first kappa shape index (κ1) is 45.1. The molecule has 2 aliphatic rings. The summed E-state index contributed by atoms with van der Waals surface area (Å²) in [5.41, 5.74) is 6.91. The minimum Gasteiger partial charge on any atom is -0.376 e. The molecule has 1 atom stereocenters. The fourth-order valence-electron chi connectivity index (χ4n) is 7.16. The Bertz CT molecular complexity index is 2430. The van der Waals surface area contributed by atoms with Crippen molar-refractivity contribution in [2.24, 2.45) is 0 Å². The van der Waals surface area contributed by atoms with Gasteiger partial charge in [-0.15, -0.1) is 11.8 Å². The van der Waals surface area contributed by atoms with Gasteiger partial charge in [-0.1, -0.05) is 72.3 Å². The smallest absolute Gasteiger partial charge is 0.293 e. The van der Waals surface area contributed by atoms with Crippen LogP contribution in [0.3, 0.4) is 0 Å². The molecule has 2 heterocycles. The fraction of sp³-hybridized carbons (Fsp3) is 0.277. The maximum atomic E-state index is 13.5. The fourth-order valence-corrected chi connectivity index (χ4v) is 9.42. The Kier molecular flexibility index (Phi) is 15.8. The number of thioether (sulfide) groups is 1. The van der Waals surface area contributed by atoms with Crippen LogP contribution in [0.15, 0.2) is 144 Å². The molecular weight excluding hydrogens is 826 g/mol. The summed E-state index contributed by atoms with van der Waals surface area (Å²) in [4.78, 5) is 22.8. The highest BCUT2D eigenvalue weighted by Gasteiger charge is 2.24. The highest BCUT2D eigenvalue weighted by Crippen LogP contribution is 2.34. The second kappa shape index (κ2) is 21.4. The molecule has 1 aromatic heterocycles. The van der Waals surface area contributed by atoms with Gasteiger partial charge in [0.25, 0.3) is 15.7 Å². The molecule has 0 unspecified atom stereocenters. The van der Waals surface area contributed by atoms with Gasteiger partial charge in [-0.3, -0.25) is 14.8 Å². The van der Waals surface area contributed by atoms with Gasteiger partial charge in [0.15, 0.2) is 0 Å². The number of halogens is 1. The van der Waals surface area contributed by atoms with Gasteiger partial charge in [0.1, 0.15) is 5.69 Å². The van der Waals surface area contributed by atoms with Crippen molar-refractivity contribution in [2.75, 3.05) is 67.5 Å². The molecule has 1 aliphatic carbocycles. The van der Waals surface area contributed by atoms with Crippen molar-refractivity contribution in [1.29, 1.82) is 0 Å². The lowest BCUT2D eigenvalue weighted by Gasteiger charge is -2.35. The van der Waals surface area contributed by atoms with E-state index in [9.17, 15) is 18.5 Å². The lowest BCUT2D eigenvalue weighted by molar-refractivity contribution is -0.384. The van der Waals surface area contributed by atoms with Crippen molar-refractivity contribution in [3.05, 3.63) is 165 Å². The molecule has 0 bridgehead atoms. The molecule has 1 fully saturated rings. The second-order valence-corrected chi connectivity index (χ2v) is 18.4. The van der Waals surface area contributed by atoms with Crippen LogP contribution in [0.5, 0.6) is 0 Å². The molecule has 14 heteroatoms. The molecule has 3 aromatic carbocycles. The van der Waals surface area contributed by atoms with E-state index in [1.54, 1.807) is 23.9 Å². The summed E-state index contributed by atoms with van der Waals surface area (Å²) in [5.74, 6) is 0.695. The molecule has 320 valence electrons. The minimum atomic E-state index is -4.12. The lowest BCUT2D eigenvalue weighted by Crippen LogP contribution is -2.44. The normalized spacial score (nSPS) is 15.4. The zero-order chi connectivity index (χ0) is 43.4. The van der Waals surface area contributed by atoms with Gasteiger partial charge in [0.2, 0.25) is 0 Å². The summed E-state index contributed by atoms with van der Waals surface area (Å²) in [6.45, 7) is 8.12. The number of aromatic amines is 1. The van der Waals surface area contributed by atoms with Crippen LogP contribution in [-0.2, 0) is 10.0 Å². The van der Waals surface area contributed by atoms with Gasteiger partial charge in [-0.2, -0.15) is 0 Å². The average molecular weight is 881 g/mol. The number of nitro benzene ring substituents is 1. The maximum Gasteiger partial charge on any atom is 0.293 e. The number of nitrogens with one attached hydrogen (secondary N) is 3. The number of H-pyrrole nitrogens is 1. The van der Waals surface area contributed by atoms with E-state index < -0.39 is 14.9 Å². The Balaban J connectivity index is 1.06. The van der Waals surface area contributed by atoms with Gasteiger partial charge >= 0.3 is 0 Å². The largest absolute Gasteiger partial charge is 0.376 e. The summed E-state index contributed by atoms with van der Waals surface area (Å²) in [6, 6.07) is 19.1. The Morgan fingerprint density at radius 3 is 2.49 bits per heavy atom. The number of rotatable bonds is 18. The average Bonchev–Trinajstić information content (AvgIpc) is 3.43. The number of nitro groups is 1. The SMILES string of the molecule is C\C=C/C(=C\C=C\N1CCN(c2ccc(NS(=O)(=O)c3ccc(N[C@H](CCN(C)C)CSC4=CC=CC=CC4)c([N+](=O)[O-])c3)cc2)CC1)c1c(-c2ccc(Cl)cc2)c[nH]c1C. The van der Waals surface area contributed by atoms with Gasteiger partial charge in [-0.05, 0) is 124 Å². The van der Waals surface area contributed by atoms with E-state index in [0.717, 1.165) is 85.3 Å². The summed E-state index contributed by atoms with van der Waals surface area (Å²) < 4.78 is 29.7. The van der Waals surface area contributed by atoms with Gasteiger partial charge in [-0.25, -0.2) is 8.42 Å². The van der Waals surface area contributed by atoms with Crippen molar-refractivity contribution in [2.45, 2.75) is 37.6 Å². The molecule has 0 amide bonds. The van der Waals surface area contributed by atoms with Crippen molar-refractivity contribution >= 4 is 61.7 Å². The molecule has 3 N–H and O–H groups in total. The summed E-state index contributed by atoms with van der Waals surface area (Å²) in [5, 5.41) is 16.3.